The summed E-state index contributed by atoms with van der Waals surface area (Å²) in [5.41, 5.74) is 0. The predicted molar refractivity (Wildman–Crippen MR) is 39.7 cm³/mol. The molecule has 0 fully saturated rings. The highest BCUT2D eigenvalue weighted by Gasteiger charge is 2.01. The van der Waals surface area contributed by atoms with Gasteiger partial charge in [-0.15, -0.1) is 5.10 Å². The molecule has 60 valence electrons. The predicted octanol–water partition coefficient (Wildman–Crippen LogP) is 0.330. The van der Waals surface area contributed by atoms with Gasteiger partial charge in [0, 0.05) is 14.0 Å². The Bertz CT molecular complexity index is 114. The Morgan fingerprint density at radius 1 is 1.70 bits per heavy atom. The maximum absolute atomic E-state index is 5.14. The fourth-order valence-corrected chi connectivity index (χ4v) is 0.590. The van der Waals surface area contributed by atoms with Crippen LogP contribution in [0.4, 0.5) is 0 Å². The molecule has 0 aromatic rings. The van der Waals surface area contributed by atoms with Gasteiger partial charge in [0.2, 0.25) is 5.90 Å². The molecule has 0 aliphatic heterocycles. The molecule has 0 aliphatic rings. The van der Waals surface area contributed by atoms with Crippen molar-refractivity contribution in [2.45, 2.75) is 20.0 Å². The first-order valence-corrected chi connectivity index (χ1v) is 3.10. The number of nitrogens with two attached hydrogens (primary N) is 1. The molecule has 0 rings (SSSR count). The molecule has 0 saturated carbocycles. The number of rotatable bonds is 3. The van der Waals surface area contributed by atoms with Gasteiger partial charge in [0.15, 0.2) is 0 Å². The second kappa shape index (κ2) is 5.05. The third-order valence-corrected chi connectivity index (χ3v) is 0.955. The van der Waals surface area contributed by atoms with Crippen LogP contribution in [-0.2, 0) is 9.47 Å². The van der Waals surface area contributed by atoms with Gasteiger partial charge in [-0.2, -0.15) is 0 Å². The van der Waals surface area contributed by atoms with Crippen molar-refractivity contribution in [2.24, 2.45) is 10.9 Å². The van der Waals surface area contributed by atoms with Crippen LogP contribution in [0.3, 0.4) is 0 Å². The summed E-state index contributed by atoms with van der Waals surface area (Å²) >= 11 is 0. The molecular weight excluding hydrogens is 132 g/mol. The third kappa shape index (κ3) is 4.14. The molecule has 10 heavy (non-hydrogen) atoms. The van der Waals surface area contributed by atoms with E-state index in [4.69, 9.17) is 15.3 Å². The molecule has 0 heterocycles. The monoisotopic (exact) mass is 146 g/mol. The van der Waals surface area contributed by atoms with Gasteiger partial charge in [-0.1, -0.05) is 0 Å². The fourth-order valence-electron chi connectivity index (χ4n) is 0.590. The highest BCUT2D eigenvalue weighted by atomic mass is 16.5. The molecule has 4 nitrogen and oxygen atoms in total. The molecule has 0 unspecified atom stereocenters. The van der Waals surface area contributed by atoms with Crippen molar-refractivity contribution >= 4 is 5.90 Å². The lowest BCUT2D eigenvalue weighted by molar-refractivity contribution is 0.0839. The molecule has 2 N–H and O–H groups in total. The van der Waals surface area contributed by atoms with Gasteiger partial charge < -0.3 is 15.3 Å². The van der Waals surface area contributed by atoms with Crippen molar-refractivity contribution < 1.29 is 9.47 Å². The van der Waals surface area contributed by atoms with E-state index >= 15 is 0 Å². The standard InChI is InChI=1S/C6H14N2O2/c1-5(4-9-3)10-6(2)8-7/h5H,4,7H2,1-3H3/b8-6-/t5-/m1/s1. The average Bonchev–Trinajstić information content (AvgIpc) is 1.88. The lowest BCUT2D eigenvalue weighted by Gasteiger charge is -2.11. The number of nitrogens with zero attached hydrogens (tertiary/aromatic N) is 1. The molecule has 4 heteroatoms. The highest BCUT2D eigenvalue weighted by Crippen LogP contribution is 1.91. The molecule has 0 aromatic carbocycles. The van der Waals surface area contributed by atoms with E-state index in [-0.39, 0.29) is 6.10 Å². The number of hydrogen-bond acceptors (Lipinski definition) is 4. The second-order valence-corrected chi connectivity index (χ2v) is 2.03. The smallest absolute Gasteiger partial charge is 0.202 e. The van der Waals surface area contributed by atoms with Crippen LogP contribution in [-0.4, -0.2) is 25.7 Å². The van der Waals surface area contributed by atoms with Crippen LogP contribution in [0, 0.1) is 0 Å². The van der Waals surface area contributed by atoms with E-state index in [0.717, 1.165) is 0 Å². The Kier molecular flexibility index (Phi) is 4.66. The summed E-state index contributed by atoms with van der Waals surface area (Å²) in [7, 11) is 1.62. The molecule has 0 bridgehead atoms. The summed E-state index contributed by atoms with van der Waals surface area (Å²) in [6, 6.07) is 0. The number of hydrazone groups is 1. The molecule has 0 aromatic heterocycles. The molecular formula is C6H14N2O2. The SMILES string of the molecule is COC[C@@H](C)O/C(C)=N\N. The minimum absolute atomic E-state index is 0.0114. The van der Waals surface area contributed by atoms with Crippen LogP contribution < -0.4 is 5.84 Å². The van der Waals surface area contributed by atoms with Crippen LogP contribution in [0.15, 0.2) is 5.10 Å². The lowest BCUT2D eigenvalue weighted by atomic mass is 10.4. The van der Waals surface area contributed by atoms with Crippen molar-refractivity contribution in [1.82, 2.24) is 0 Å². The van der Waals surface area contributed by atoms with Gasteiger partial charge in [0.1, 0.15) is 6.10 Å². The Labute approximate surface area is 61.0 Å². The first-order chi connectivity index (χ1) is 4.70. The van der Waals surface area contributed by atoms with E-state index < -0.39 is 0 Å². The topological polar surface area (TPSA) is 56.8 Å². The van der Waals surface area contributed by atoms with Crippen molar-refractivity contribution in [2.75, 3.05) is 13.7 Å². The van der Waals surface area contributed by atoms with E-state index in [2.05, 4.69) is 5.10 Å². The van der Waals surface area contributed by atoms with Crippen molar-refractivity contribution in [1.29, 1.82) is 0 Å². The summed E-state index contributed by atoms with van der Waals surface area (Å²) in [5.74, 6) is 5.42. The van der Waals surface area contributed by atoms with Crippen molar-refractivity contribution in [3.8, 4) is 0 Å². The van der Waals surface area contributed by atoms with Crippen LogP contribution in [0.25, 0.3) is 0 Å². The molecule has 0 spiro atoms. The maximum atomic E-state index is 5.14. The van der Waals surface area contributed by atoms with Gasteiger partial charge in [-0.3, -0.25) is 0 Å². The van der Waals surface area contributed by atoms with E-state index in [9.17, 15) is 0 Å². The number of methoxy groups -OCH3 is 1. The first-order valence-electron chi connectivity index (χ1n) is 3.10. The largest absolute Gasteiger partial charge is 0.474 e. The Hall–Kier alpha value is -0.770. The Balaban J connectivity index is 3.47. The summed E-state index contributed by atoms with van der Waals surface area (Å²) in [6.45, 7) is 4.14. The van der Waals surface area contributed by atoms with Crippen LogP contribution in [0.1, 0.15) is 13.8 Å². The van der Waals surface area contributed by atoms with Crippen LogP contribution >= 0.6 is 0 Å². The van der Waals surface area contributed by atoms with Gasteiger partial charge in [0.05, 0.1) is 6.61 Å². The summed E-state index contributed by atoms with van der Waals surface area (Å²) in [4.78, 5) is 0. The fraction of sp³-hybridized carbons (Fsp3) is 0.833. The quantitative estimate of drug-likeness (QED) is 0.270. The molecule has 0 saturated heterocycles. The maximum Gasteiger partial charge on any atom is 0.202 e. The number of ether oxygens (including phenoxy) is 2. The minimum Gasteiger partial charge on any atom is -0.474 e. The lowest BCUT2D eigenvalue weighted by Crippen LogP contribution is -2.18. The molecule has 1 atom stereocenters. The summed E-state index contributed by atoms with van der Waals surface area (Å²) < 4.78 is 9.97. The Morgan fingerprint density at radius 3 is 2.70 bits per heavy atom. The van der Waals surface area contributed by atoms with Gasteiger partial charge >= 0.3 is 0 Å². The zero-order valence-corrected chi connectivity index (χ0v) is 6.63. The zero-order chi connectivity index (χ0) is 7.98. The third-order valence-electron chi connectivity index (χ3n) is 0.955. The van der Waals surface area contributed by atoms with E-state index in [0.29, 0.717) is 12.5 Å². The molecule has 0 aliphatic carbocycles. The molecule has 0 radical (unpaired) electrons. The van der Waals surface area contributed by atoms with Gasteiger partial charge in [0.25, 0.3) is 0 Å². The van der Waals surface area contributed by atoms with Gasteiger partial charge in [-0.05, 0) is 6.92 Å². The summed E-state index contributed by atoms with van der Waals surface area (Å²) in [5, 5.41) is 3.35. The zero-order valence-electron chi connectivity index (χ0n) is 6.63. The van der Waals surface area contributed by atoms with Crippen molar-refractivity contribution in [3.63, 3.8) is 0 Å². The van der Waals surface area contributed by atoms with Crippen LogP contribution in [0.2, 0.25) is 0 Å². The Morgan fingerprint density at radius 2 is 2.30 bits per heavy atom. The van der Waals surface area contributed by atoms with Crippen molar-refractivity contribution in [3.05, 3.63) is 0 Å². The minimum atomic E-state index is 0.0114. The normalized spacial score (nSPS) is 14.9. The first kappa shape index (κ1) is 9.23. The van der Waals surface area contributed by atoms with E-state index in [1.54, 1.807) is 14.0 Å². The average molecular weight is 146 g/mol. The highest BCUT2D eigenvalue weighted by molar-refractivity contribution is 5.72. The van der Waals surface area contributed by atoms with E-state index in [1.807, 2.05) is 6.92 Å². The van der Waals surface area contributed by atoms with Crippen LogP contribution in [0.5, 0.6) is 0 Å². The summed E-state index contributed by atoms with van der Waals surface area (Å²) in [6.07, 6.45) is 0.0114. The number of hydrogen-bond donors (Lipinski definition) is 1. The molecule has 0 amide bonds. The van der Waals surface area contributed by atoms with Gasteiger partial charge in [-0.25, -0.2) is 0 Å². The second-order valence-electron chi connectivity index (χ2n) is 2.03. The van der Waals surface area contributed by atoms with E-state index in [1.165, 1.54) is 0 Å².